The van der Waals surface area contributed by atoms with Gasteiger partial charge in [0.15, 0.2) is 0 Å². The molecule has 0 spiro atoms. The molecule has 1 aromatic heterocycles. The number of carbonyl (C=O) groups excluding carboxylic acids is 1. The normalized spacial score (nSPS) is 16.6. The number of rotatable bonds is 4. The first-order chi connectivity index (χ1) is 15.2. The fourth-order valence-electron chi connectivity index (χ4n) is 4.23. The number of nitrogens with zero attached hydrogens (tertiary/aromatic N) is 2. The average molecular weight is 418 g/mol. The van der Waals surface area contributed by atoms with Crippen LogP contribution in [0.3, 0.4) is 0 Å². The molecule has 2 aliphatic heterocycles. The van der Waals surface area contributed by atoms with E-state index in [1.54, 1.807) is 4.90 Å². The number of amides is 1. The highest BCUT2D eigenvalue weighted by atomic mass is 16.5. The molecule has 5 rings (SSSR count). The first kappa shape index (κ1) is 21.3. The maximum Gasteiger partial charge on any atom is 0.209 e. The number of pyridine rings is 1. The molecule has 5 nitrogen and oxygen atoms in total. The van der Waals surface area contributed by atoms with Crippen LogP contribution in [-0.4, -0.2) is 48.6 Å². The van der Waals surface area contributed by atoms with Gasteiger partial charge < -0.3 is 15.0 Å². The van der Waals surface area contributed by atoms with Gasteiger partial charge in [0.2, 0.25) is 6.41 Å². The molecule has 0 aliphatic carbocycles. The predicted octanol–water partition coefficient (Wildman–Crippen LogP) is 4.58. The number of piperidine rings is 1. The van der Waals surface area contributed by atoms with Crippen molar-refractivity contribution >= 4 is 17.3 Å². The second-order valence-electron chi connectivity index (χ2n) is 8.25. The summed E-state index contributed by atoms with van der Waals surface area (Å²) in [5, 5.41) is 4.38. The van der Waals surface area contributed by atoms with Crippen LogP contribution in [0.4, 0.5) is 0 Å². The molecule has 31 heavy (non-hydrogen) atoms. The number of ether oxygens (including phenoxy) is 1. The van der Waals surface area contributed by atoms with Gasteiger partial charge in [0.1, 0.15) is 11.9 Å². The van der Waals surface area contributed by atoms with Crippen molar-refractivity contribution < 1.29 is 9.53 Å². The molecule has 2 aliphatic rings. The van der Waals surface area contributed by atoms with Gasteiger partial charge in [-0.15, -0.1) is 0 Å². The van der Waals surface area contributed by atoms with Gasteiger partial charge in [-0.1, -0.05) is 30.3 Å². The Morgan fingerprint density at radius 3 is 2.42 bits per heavy atom. The lowest BCUT2D eigenvalue weighted by Gasteiger charge is -2.29. The van der Waals surface area contributed by atoms with Crippen LogP contribution in [0, 0.1) is 6.92 Å². The summed E-state index contributed by atoms with van der Waals surface area (Å²) in [5.74, 6) is 0.884. The molecule has 1 N–H and O–H groups in total. The molecule has 5 heteroatoms. The highest BCUT2D eigenvalue weighted by Crippen LogP contribution is 2.30. The van der Waals surface area contributed by atoms with Crippen LogP contribution >= 0.6 is 0 Å². The number of aryl methyl sites for hydroxylation is 1. The largest absolute Gasteiger partial charge is 0.490 e. The number of hydrogen-bond donors (Lipinski definition) is 1. The van der Waals surface area contributed by atoms with Crippen molar-refractivity contribution in [3.05, 3.63) is 60.3 Å². The summed E-state index contributed by atoms with van der Waals surface area (Å²) in [6, 6.07) is 16.6. The Balaban J connectivity index is 0.000000407. The molecule has 2 aromatic carbocycles. The summed E-state index contributed by atoms with van der Waals surface area (Å²) >= 11 is 0. The van der Waals surface area contributed by atoms with E-state index in [4.69, 9.17) is 4.74 Å². The Morgan fingerprint density at radius 2 is 1.77 bits per heavy atom. The Morgan fingerprint density at radius 1 is 1.03 bits per heavy atom. The minimum Gasteiger partial charge on any atom is -0.490 e. The summed E-state index contributed by atoms with van der Waals surface area (Å²) in [7, 11) is 0. The lowest BCUT2D eigenvalue weighted by molar-refractivity contribution is -0.119. The zero-order chi connectivity index (χ0) is 21.5. The molecule has 3 heterocycles. The molecule has 0 unspecified atom stereocenters. The quantitative estimate of drug-likeness (QED) is 0.632. The lowest BCUT2D eigenvalue weighted by Crippen LogP contribution is -2.37. The van der Waals surface area contributed by atoms with E-state index in [2.05, 4.69) is 47.6 Å². The standard InChI is InChI=1S/C22H22N2O2.C4H9N/c1-16-21(9-6-18-3-2-12-23-22(16)18)17-4-7-19(8-5-17)26-20-10-13-24(15-25)14-11-20;1-2-4-5-3-1/h2-9,12,15,20H,10-11,13-14H2,1H3;5H,1-4H2. The summed E-state index contributed by atoms with van der Waals surface area (Å²) in [6.45, 7) is 6.17. The zero-order valence-electron chi connectivity index (χ0n) is 18.2. The van der Waals surface area contributed by atoms with Crippen molar-refractivity contribution in [3.8, 4) is 16.9 Å². The Kier molecular flexibility index (Phi) is 7.15. The first-order valence-corrected chi connectivity index (χ1v) is 11.3. The molecule has 2 fully saturated rings. The van der Waals surface area contributed by atoms with Gasteiger partial charge in [0, 0.05) is 37.5 Å². The van der Waals surface area contributed by atoms with Gasteiger partial charge in [-0.05, 0) is 67.7 Å². The average Bonchev–Trinajstić information content (AvgIpc) is 3.41. The van der Waals surface area contributed by atoms with Gasteiger partial charge >= 0.3 is 0 Å². The van der Waals surface area contributed by atoms with Crippen LogP contribution in [0.2, 0.25) is 0 Å². The van der Waals surface area contributed by atoms with E-state index in [1.165, 1.54) is 37.1 Å². The smallest absolute Gasteiger partial charge is 0.209 e. The molecule has 1 amide bonds. The third-order valence-corrected chi connectivity index (χ3v) is 6.08. The fourth-order valence-corrected chi connectivity index (χ4v) is 4.23. The van der Waals surface area contributed by atoms with Crippen molar-refractivity contribution in [1.29, 1.82) is 0 Å². The van der Waals surface area contributed by atoms with E-state index >= 15 is 0 Å². The van der Waals surface area contributed by atoms with Crippen LogP contribution < -0.4 is 10.1 Å². The van der Waals surface area contributed by atoms with Crippen molar-refractivity contribution in [2.45, 2.75) is 38.7 Å². The number of fused-ring (bicyclic) bond motifs is 1. The summed E-state index contributed by atoms with van der Waals surface area (Å²) in [4.78, 5) is 17.1. The SMILES string of the molecule is C1CCNC1.Cc1c(-c2ccc(OC3CCN(C=O)CC3)cc2)ccc2cccnc12. The van der Waals surface area contributed by atoms with Gasteiger partial charge in [0.25, 0.3) is 0 Å². The molecule has 0 radical (unpaired) electrons. The summed E-state index contributed by atoms with van der Waals surface area (Å²) in [6.07, 6.45) is 7.49. The topological polar surface area (TPSA) is 54.5 Å². The Labute approximate surface area is 184 Å². The fraction of sp³-hybridized carbons (Fsp3) is 0.385. The van der Waals surface area contributed by atoms with Gasteiger partial charge in [-0.3, -0.25) is 9.78 Å². The monoisotopic (exact) mass is 417 g/mol. The third kappa shape index (κ3) is 5.42. The molecule has 2 saturated heterocycles. The third-order valence-electron chi connectivity index (χ3n) is 6.08. The minimum absolute atomic E-state index is 0.184. The maximum atomic E-state index is 10.8. The van der Waals surface area contributed by atoms with Crippen LogP contribution in [0.1, 0.15) is 31.2 Å². The number of nitrogens with one attached hydrogen (secondary N) is 1. The predicted molar refractivity (Wildman–Crippen MR) is 125 cm³/mol. The summed E-state index contributed by atoms with van der Waals surface area (Å²) in [5.41, 5.74) is 4.60. The molecular weight excluding hydrogens is 386 g/mol. The Hall–Kier alpha value is -2.92. The summed E-state index contributed by atoms with van der Waals surface area (Å²) < 4.78 is 6.08. The van der Waals surface area contributed by atoms with Crippen molar-refractivity contribution in [2.75, 3.05) is 26.2 Å². The van der Waals surface area contributed by atoms with Gasteiger partial charge in [-0.25, -0.2) is 0 Å². The van der Waals surface area contributed by atoms with Gasteiger partial charge in [0.05, 0.1) is 5.52 Å². The molecular formula is C26H31N3O2. The van der Waals surface area contributed by atoms with Gasteiger partial charge in [-0.2, -0.15) is 0 Å². The molecule has 0 saturated carbocycles. The van der Waals surface area contributed by atoms with Crippen molar-refractivity contribution in [2.24, 2.45) is 0 Å². The van der Waals surface area contributed by atoms with E-state index in [-0.39, 0.29) is 6.10 Å². The van der Waals surface area contributed by atoms with Crippen LogP contribution in [-0.2, 0) is 4.79 Å². The molecule has 0 atom stereocenters. The van der Waals surface area contributed by atoms with Crippen LogP contribution in [0.15, 0.2) is 54.7 Å². The molecule has 162 valence electrons. The van der Waals surface area contributed by atoms with E-state index in [1.807, 2.05) is 24.4 Å². The highest BCUT2D eigenvalue weighted by molar-refractivity contribution is 5.88. The second kappa shape index (κ2) is 10.4. The lowest BCUT2D eigenvalue weighted by atomic mass is 9.98. The number of likely N-dealkylation sites (tertiary alicyclic amines) is 1. The highest BCUT2D eigenvalue weighted by Gasteiger charge is 2.19. The van der Waals surface area contributed by atoms with Crippen LogP contribution in [0.25, 0.3) is 22.0 Å². The maximum absolute atomic E-state index is 10.8. The van der Waals surface area contributed by atoms with E-state index in [9.17, 15) is 4.79 Å². The van der Waals surface area contributed by atoms with E-state index < -0.39 is 0 Å². The minimum atomic E-state index is 0.184. The van der Waals surface area contributed by atoms with Crippen molar-refractivity contribution in [1.82, 2.24) is 15.2 Å². The number of hydrogen-bond acceptors (Lipinski definition) is 4. The molecule has 3 aromatic rings. The second-order valence-corrected chi connectivity index (χ2v) is 8.25. The van der Waals surface area contributed by atoms with E-state index in [0.717, 1.165) is 54.6 Å². The van der Waals surface area contributed by atoms with Crippen molar-refractivity contribution in [3.63, 3.8) is 0 Å². The zero-order valence-corrected chi connectivity index (χ0v) is 18.2. The van der Waals surface area contributed by atoms with Crippen LogP contribution in [0.5, 0.6) is 5.75 Å². The van der Waals surface area contributed by atoms with E-state index in [0.29, 0.717) is 0 Å². The number of carbonyl (C=O) groups is 1. The first-order valence-electron chi connectivity index (χ1n) is 11.3. The number of aromatic nitrogens is 1. The molecule has 0 bridgehead atoms. The Bertz CT molecular complexity index is 984. The number of benzene rings is 2.